The molecule has 0 fully saturated rings. The van der Waals surface area contributed by atoms with E-state index in [1.807, 2.05) is 0 Å². The molecule has 0 aliphatic carbocycles. The fraction of sp³-hybridized carbons (Fsp3) is 0.143. The van der Waals surface area contributed by atoms with Crippen molar-refractivity contribution in [3.8, 4) is 0 Å². The lowest BCUT2D eigenvalue weighted by Gasteiger charge is -1.99. The third kappa shape index (κ3) is 2.22. The van der Waals surface area contributed by atoms with E-state index in [2.05, 4.69) is 20.4 Å². The van der Waals surface area contributed by atoms with Gasteiger partial charge in [0.1, 0.15) is 5.82 Å². The number of hydrogen-bond donors (Lipinski definition) is 1. The smallest absolute Gasteiger partial charge is 0.338 e. The van der Waals surface area contributed by atoms with E-state index in [0.29, 0.717) is 5.56 Å². The molecule has 0 bridgehead atoms. The topological polar surface area (TPSA) is 80.7 Å². The Morgan fingerprint density at radius 1 is 1.69 bits per heavy atom. The molecular formula is C7H7N3O3. The second-order valence-corrected chi connectivity index (χ2v) is 2.12. The lowest BCUT2D eigenvalue weighted by molar-refractivity contribution is 0.0600. The summed E-state index contributed by atoms with van der Waals surface area (Å²) in [4.78, 5) is 24.5. The van der Waals surface area contributed by atoms with Crippen LogP contribution in [0.3, 0.4) is 0 Å². The quantitative estimate of drug-likeness (QED) is 0.426. The molecule has 1 heterocycles. The van der Waals surface area contributed by atoms with E-state index in [0.717, 1.165) is 0 Å². The minimum Gasteiger partial charge on any atom is -0.465 e. The lowest BCUT2D eigenvalue weighted by atomic mass is 10.3. The summed E-state index contributed by atoms with van der Waals surface area (Å²) in [6.45, 7) is 0. The van der Waals surface area contributed by atoms with Gasteiger partial charge in [0.2, 0.25) is 0 Å². The van der Waals surface area contributed by atoms with Gasteiger partial charge in [-0.1, -0.05) is 0 Å². The molecule has 0 amide bonds. The Labute approximate surface area is 73.9 Å². The fourth-order valence-corrected chi connectivity index (χ4v) is 0.783. The molecular weight excluding hydrogens is 174 g/mol. The molecule has 68 valence electrons. The zero-order valence-corrected chi connectivity index (χ0v) is 6.85. The van der Waals surface area contributed by atoms with Gasteiger partial charge in [0, 0.05) is 6.20 Å². The van der Waals surface area contributed by atoms with Crippen molar-refractivity contribution in [3.05, 3.63) is 28.8 Å². The first-order valence-corrected chi connectivity index (χ1v) is 3.40. The highest BCUT2D eigenvalue weighted by atomic mass is 16.5. The highest BCUT2D eigenvalue weighted by molar-refractivity contribution is 5.89. The van der Waals surface area contributed by atoms with Gasteiger partial charge in [-0.15, -0.1) is 4.91 Å². The number of nitrogens with one attached hydrogen (secondary N) is 1. The molecule has 6 nitrogen and oxygen atoms in total. The summed E-state index contributed by atoms with van der Waals surface area (Å²) < 4.78 is 4.47. The number of aromatic nitrogens is 1. The Balaban J connectivity index is 2.90. The van der Waals surface area contributed by atoms with Gasteiger partial charge in [0.25, 0.3) is 0 Å². The number of pyridine rings is 1. The number of nitrogens with zero attached hydrogens (tertiary/aromatic N) is 2. The van der Waals surface area contributed by atoms with E-state index in [9.17, 15) is 9.70 Å². The molecule has 0 unspecified atom stereocenters. The fourth-order valence-electron chi connectivity index (χ4n) is 0.783. The van der Waals surface area contributed by atoms with Gasteiger partial charge >= 0.3 is 5.97 Å². The Morgan fingerprint density at radius 2 is 2.46 bits per heavy atom. The van der Waals surface area contributed by atoms with Crippen molar-refractivity contribution in [1.82, 2.24) is 4.98 Å². The van der Waals surface area contributed by atoms with Gasteiger partial charge in [-0.2, -0.15) is 0 Å². The van der Waals surface area contributed by atoms with Crippen molar-refractivity contribution >= 4 is 11.8 Å². The van der Waals surface area contributed by atoms with E-state index in [1.54, 1.807) is 0 Å². The average molecular weight is 181 g/mol. The zero-order chi connectivity index (χ0) is 9.68. The summed E-state index contributed by atoms with van der Waals surface area (Å²) >= 11 is 0. The summed E-state index contributed by atoms with van der Waals surface area (Å²) in [6, 6.07) is 2.84. The van der Waals surface area contributed by atoms with Crippen LogP contribution in [0, 0.1) is 4.91 Å². The van der Waals surface area contributed by atoms with Crippen LogP contribution >= 0.6 is 0 Å². The van der Waals surface area contributed by atoms with Crippen molar-refractivity contribution in [1.29, 1.82) is 0 Å². The van der Waals surface area contributed by atoms with Crippen LogP contribution in [0.25, 0.3) is 0 Å². The maximum atomic E-state index is 11.0. The molecule has 1 aromatic heterocycles. The number of methoxy groups -OCH3 is 1. The number of hydrogen-bond acceptors (Lipinski definition) is 5. The number of ether oxygens (including phenoxy) is 1. The predicted molar refractivity (Wildman–Crippen MR) is 45.0 cm³/mol. The molecule has 0 spiro atoms. The second-order valence-electron chi connectivity index (χ2n) is 2.12. The Bertz CT molecular complexity index is 327. The van der Waals surface area contributed by atoms with Gasteiger partial charge in [-0.05, 0) is 12.1 Å². The molecule has 1 N–H and O–H groups in total. The van der Waals surface area contributed by atoms with Crippen LogP contribution in [0.2, 0.25) is 0 Å². The van der Waals surface area contributed by atoms with Crippen molar-refractivity contribution in [2.45, 2.75) is 0 Å². The van der Waals surface area contributed by atoms with Gasteiger partial charge < -0.3 is 4.74 Å². The monoisotopic (exact) mass is 181 g/mol. The average Bonchev–Trinajstić information content (AvgIpc) is 2.18. The molecule has 1 aromatic rings. The first kappa shape index (κ1) is 9.11. The van der Waals surface area contributed by atoms with E-state index in [4.69, 9.17) is 0 Å². The van der Waals surface area contributed by atoms with Crippen molar-refractivity contribution in [2.24, 2.45) is 5.29 Å². The number of rotatable bonds is 3. The van der Waals surface area contributed by atoms with Crippen LogP contribution in [-0.2, 0) is 4.74 Å². The molecule has 0 aliphatic heterocycles. The highest BCUT2D eigenvalue weighted by Gasteiger charge is 2.05. The summed E-state index contributed by atoms with van der Waals surface area (Å²) in [5.74, 6) is -0.283. The van der Waals surface area contributed by atoms with Crippen LogP contribution < -0.4 is 5.43 Å². The van der Waals surface area contributed by atoms with E-state index in [-0.39, 0.29) is 5.82 Å². The van der Waals surface area contributed by atoms with E-state index >= 15 is 0 Å². The SMILES string of the molecule is COC(=O)c1ccnc(NN=O)c1. The molecule has 13 heavy (non-hydrogen) atoms. The number of anilines is 1. The van der Waals surface area contributed by atoms with Crippen LogP contribution in [0.4, 0.5) is 5.82 Å². The molecule has 0 aromatic carbocycles. The van der Waals surface area contributed by atoms with Crippen LogP contribution in [0.5, 0.6) is 0 Å². The minimum absolute atomic E-state index is 0.206. The first-order valence-electron chi connectivity index (χ1n) is 3.40. The number of esters is 1. The normalized spacial score (nSPS) is 9.00. The lowest BCUT2D eigenvalue weighted by Crippen LogP contribution is -2.02. The van der Waals surface area contributed by atoms with Gasteiger partial charge in [-0.25, -0.2) is 15.2 Å². The molecule has 0 saturated heterocycles. The summed E-state index contributed by atoms with van der Waals surface area (Å²) in [5.41, 5.74) is 2.39. The third-order valence-electron chi connectivity index (χ3n) is 1.34. The Kier molecular flexibility index (Phi) is 2.91. The zero-order valence-electron chi connectivity index (χ0n) is 6.85. The number of carbonyl (C=O) groups excluding carboxylic acids is 1. The van der Waals surface area contributed by atoms with Crippen molar-refractivity contribution < 1.29 is 9.53 Å². The second kappa shape index (κ2) is 4.15. The number of nitroso groups, excluding NO2 is 1. The number of carbonyl (C=O) groups is 1. The molecule has 0 saturated carbocycles. The maximum absolute atomic E-state index is 11.0. The van der Waals surface area contributed by atoms with E-state index in [1.165, 1.54) is 25.4 Å². The molecule has 0 aliphatic rings. The van der Waals surface area contributed by atoms with Crippen LogP contribution in [0.1, 0.15) is 10.4 Å². The molecule has 6 heteroatoms. The molecule has 0 atom stereocenters. The summed E-state index contributed by atoms with van der Waals surface area (Å²) in [6.07, 6.45) is 1.37. The van der Waals surface area contributed by atoms with Gasteiger partial charge in [-0.3, -0.25) is 0 Å². The van der Waals surface area contributed by atoms with Crippen molar-refractivity contribution in [3.63, 3.8) is 0 Å². The third-order valence-corrected chi connectivity index (χ3v) is 1.34. The Hall–Kier alpha value is -1.98. The van der Waals surface area contributed by atoms with Crippen LogP contribution in [0.15, 0.2) is 23.6 Å². The standard InChI is InChI=1S/C7H7N3O3/c1-13-7(11)5-2-3-8-6(4-5)9-10-12/h2-4H,1H3,(H,8,9,12). The molecule has 0 radical (unpaired) electrons. The van der Waals surface area contributed by atoms with E-state index < -0.39 is 5.97 Å². The minimum atomic E-state index is -0.489. The molecule has 1 rings (SSSR count). The largest absolute Gasteiger partial charge is 0.465 e. The van der Waals surface area contributed by atoms with Crippen molar-refractivity contribution in [2.75, 3.05) is 12.5 Å². The van der Waals surface area contributed by atoms with Gasteiger partial charge in [0.15, 0.2) is 0 Å². The predicted octanol–water partition coefficient (Wildman–Crippen LogP) is 0.961. The van der Waals surface area contributed by atoms with Gasteiger partial charge in [0.05, 0.1) is 18.0 Å². The first-order chi connectivity index (χ1) is 6.27. The Morgan fingerprint density at radius 3 is 3.08 bits per heavy atom. The van der Waals surface area contributed by atoms with Crippen LogP contribution in [-0.4, -0.2) is 18.1 Å². The highest BCUT2D eigenvalue weighted by Crippen LogP contribution is 2.07. The summed E-state index contributed by atoms with van der Waals surface area (Å²) in [7, 11) is 1.27. The summed E-state index contributed by atoms with van der Waals surface area (Å²) in [5, 5.41) is 2.42. The maximum Gasteiger partial charge on any atom is 0.338 e.